The Labute approximate surface area is 158 Å². The first-order valence-corrected chi connectivity index (χ1v) is 8.58. The molecule has 0 aliphatic carbocycles. The van der Waals surface area contributed by atoms with Gasteiger partial charge in [-0.05, 0) is 24.6 Å². The molecule has 0 bridgehead atoms. The number of aryl methyl sites for hydroxylation is 1. The molecule has 5 nitrogen and oxygen atoms in total. The van der Waals surface area contributed by atoms with Gasteiger partial charge in [-0.15, -0.1) is 0 Å². The zero-order valence-corrected chi connectivity index (χ0v) is 15.1. The van der Waals surface area contributed by atoms with Crippen LogP contribution in [-0.4, -0.2) is 28.6 Å². The number of pyridine rings is 1. The summed E-state index contributed by atoms with van der Waals surface area (Å²) in [5.41, 5.74) is 0.775. The Bertz CT molecular complexity index is 1070. The summed E-state index contributed by atoms with van der Waals surface area (Å²) >= 11 is 0. The number of hydrogen-bond donors (Lipinski definition) is 0. The van der Waals surface area contributed by atoms with Gasteiger partial charge in [0.25, 0.3) is 0 Å². The van der Waals surface area contributed by atoms with Crippen LogP contribution in [0.1, 0.15) is 22.6 Å². The summed E-state index contributed by atoms with van der Waals surface area (Å²) in [6.45, 7) is 2.43. The molecule has 0 atom stereocenters. The van der Waals surface area contributed by atoms with Crippen LogP contribution in [0.2, 0.25) is 0 Å². The fourth-order valence-electron chi connectivity index (χ4n) is 3.39. The van der Waals surface area contributed by atoms with E-state index in [9.17, 15) is 17.6 Å². The summed E-state index contributed by atoms with van der Waals surface area (Å²) < 4.78 is 58.2. The van der Waals surface area contributed by atoms with Gasteiger partial charge in [-0.2, -0.15) is 13.2 Å². The highest BCUT2D eigenvalue weighted by Crippen LogP contribution is 2.34. The molecule has 4 rings (SSSR count). The van der Waals surface area contributed by atoms with E-state index in [1.807, 2.05) is 4.90 Å². The standard InChI is InChI=1S/C19H16F4N4O/c1-10-25-16-7-14(20)17(28-2)6-13(16)18(26-10)27-4-3-15-11(9-27)5-12(8-24-15)19(21,22)23/h5-8H,3-4,9H2,1-2H3. The summed E-state index contributed by atoms with van der Waals surface area (Å²) in [5.74, 6) is 0.491. The van der Waals surface area contributed by atoms with Gasteiger partial charge in [0.1, 0.15) is 11.6 Å². The lowest BCUT2D eigenvalue weighted by atomic mass is 10.0. The first kappa shape index (κ1) is 18.4. The van der Waals surface area contributed by atoms with E-state index in [0.29, 0.717) is 46.8 Å². The van der Waals surface area contributed by atoms with Gasteiger partial charge in [0.2, 0.25) is 0 Å². The molecular weight excluding hydrogens is 376 g/mol. The molecule has 0 unspecified atom stereocenters. The second-order valence-corrected chi connectivity index (χ2v) is 6.60. The largest absolute Gasteiger partial charge is 0.494 e. The SMILES string of the molecule is COc1cc2c(N3CCc4ncc(C(F)(F)F)cc4C3)nc(C)nc2cc1F. The molecule has 9 heteroatoms. The Morgan fingerprint density at radius 3 is 2.64 bits per heavy atom. The summed E-state index contributed by atoms with van der Waals surface area (Å²) in [4.78, 5) is 14.6. The van der Waals surface area contributed by atoms with Crippen molar-refractivity contribution in [2.45, 2.75) is 26.1 Å². The van der Waals surface area contributed by atoms with Crippen molar-refractivity contribution in [3.63, 3.8) is 0 Å². The second-order valence-electron chi connectivity index (χ2n) is 6.60. The fraction of sp³-hybridized carbons (Fsp3) is 0.316. The number of rotatable bonds is 2. The molecule has 3 heterocycles. The average molecular weight is 392 g/mol. The molecule has 0 N–H and O–H groups in total. The number of nitrogens with zero attached hydrogens (tertiary/aromatic N) is 4. The van der Waals surface area contributed by atoms with Crippen LogP contribution in [0.3, 0.4) is 0 Å². The highest BCUT2D eigenvalue weighted by Gasteiger charge is 2.32. The number of halogens is 4. The van der Waals surface area contributed by atoms with Crippen LogP contribution < -0.4 is 9.64 Å². The van der Waals surface area contributed by atoms with Crippen molar-refractivity contribution < 1.29 is 22.3 Å². The van der Waals surface area contributed by atoms with Gasteiger partial charge in [-0.3, -0.25) is 4.98 Å². The Morgan fingerprint density at radius 2 is 1.93 bits per heavy atom. The highest BCUT2D eigenvalue weighted by molar-refractivity contribution is 5.91. The van der Waals surface area contributed by atoms with Crippen LogP contribution in [0.5, 0.6) is 5.75 Å². The normalized spacial score (nSPS) is 14.3. The van der Waals surface area contributed by atoms with Crippen molar-refractivity contribution in [2.75, 3.05) is 18.6 Å². The van der Waals surface area contributed by atoms with Crippen molar-refractivity contribution in [1.82, 2.24) is 15.0 Å². The van der Waals surface area contributed by atoms with Gasteiger partial charge < -0.3 is 9.64 Å². The third-order valence-corrected chi connectivity index (χ3v) is 4.73. The van der Waals surface area contributed by atoms with E-state index in [4.69, 9.17) is 4.74 Å². The van der Waals surface area contributed by atoms with E-state index in [1.165, 1.54) is 19.2 Å². The molecule has 146 valence electrons. The lowest BCUT2D eigenvalue weighted by molar-refractivity contribution is -0.137. The number of anilines is 1. The maximum absolute atomic E-state index is 14.1. The number of methoxy groups -OCH3 is 1. The molecule has 0 saturated carbocycles. The number of hydrogen-bond acceptors (Lipinski definition) is 5. The first-order valence-electron chi connectivity index (χ1n) is 8.58. The third-order valence-electron chi connectivity index (χ3n) is 4.73. The van der Waals surface area contributed by atoms with Crippen molar-refractivity contribution in [1.29, 1.82) is 0 Å². The van der Waals surface area contributed by atoms with Crippen LogP contribution in [0.25, 0.3) is 10.9 Å². The topological polar surface area (TPSA) is 51.1 Å². The molecule has 3 aromatic rings. The van der Waals surface area contributed by atoms with E-state index in [-0.39, 0.29) is 12.3 Å². The molecule has 2 aromatic heterocycles. The van der Waals surface area contributed by atoms with Crippen LogP contribution in [-0.2, 0) is 19.1 Å². The number of alkyl halides is 3. The van der Waals surface area contributed by atoms with E-state index >= 15 is 0 Å². The Kier molecular flexibility index (Phi) is 4.32. The smallest absolute Gasteiger partial charge is 0.417 e. The van der Waals surface area contributed by atoms with Crippen LogP contribution >= 0.6 is 0 Å². The fourth-order valence-corrected chi connectivity index (χ4v) is 3.39. The van der Waals surface area contributed by atoms with Crippen molar-refractivity contribution in [3.05, 3.63) is 52.9 Å². The number of aromatic nitrogens is 3. The maximum Gasteiger partial charge on any atom is 0.417 e. The van der Waals surface area contributed by atoms with E-state index in [0.717, 1.165) is 12.3 Å². The lowest BCUT2D eigenvalue weighted by Crippen LogP contribution is -2.32. The Morgan fingerprint density at radius 1 is 1.14 bits per heavy atom. The molecule has 1 aliphatic rings. The zero-order valence-electron chi connectivity index (χ0n) is 15.1. The van der Waals surface area contributed by atoms with E-state index in [1.54, 1.807) is 6.92 Å². The van der Waals surface area contributed by atoms with E-state index < -0.39 is 17.6 Å². The van der Waals surface area contributed by atoms with Gasteiger partial charge in [0.15, 0.2) is 11.6 Å². The van der Waals surface area contributed by atoms with Crippen molar-refractivity contribution in [2.24, 2.45) is 0 Å². The number of fused-ring (bicyclic) bond motifs is 2. The number of ether oxygens (including phenoxy) is 1. The molecular formula is C19H16F4N4O. The minimum atomic E-state index is -4.45. The number of benzene rings is 1. The average Bonchev–Trinajstić information content (AvgIpc) is 2.65. The second kappa shape index (κ2) is 6.57. The minimum absolute atomic E-state index is 0.0552. The van der Waals surface area contributed by atoms with Crippen molar-refractivity contribution >= 4 is 16.7 Å². The Balaban J connectivity index is 1.79. The highest BCUT2D eigenvalue weighted by atomic mass is 19.4. The molecule has 0 amide bonds. The van der Waals surface area contributed by atoms with Gasteiger partial charge in [-0.25, -0.2) is 14.4 Å². The molecule has 28 heavy (non-hydrogen) atoms. The molecule has 0 saturated heterocycles. The van der Waals surface area contributed by atoms with Crippen molar-refractivity contribution in [3.8, 4) is 5.75 Å². The zero-order chi connectivity index (χ0) is 20.1. The van der Waals surface area contributed by atoms with Crippen LogP contribution in [0.4, 0.5) is 23.4 Å². The lowest BCUT2D eigenvalue weighted by Gasteiger charge is -2.30. The van der Waals surface area contributed by atoms with Gasteiger partial charge in [0.05, 0.1) is 18.2 Å². The molecule has 1 aromatic carbocycles. The first-order chi connectivity index (χ1) is 13.3. The Hall–Kier alpha value is -2.97. The minimum Gasteiger partial charge on any atom is -0.494 e. The van der Waals surface area contributed by atoms with Gasteiger partial charge in [-0.1, -0.05) is 0 Å². The molecule has 0 radical (unpaired) electrons. The molecule has 1 aliphatic heterocycles. The monoisotopic (exact) mass is 392 g/mol. The van der Waals surface area contributed by atoms with Crippen LogP contribution in [0.15, 0.2) is 24.4 Å². The third kappa shape index (κ3) is 3.21. The predicted octanol–water partition coefficient (Wildman–Crippen LogP) is 4.06. The summed E-state index contributed by atoms with van der Waals surface area (Å²) in [7, 11) is 1.36. The van der Waals surface area contributed by atoms with Gasteiger partial charge >= 0.3 is 6.18 Å². The maximum atomic E-state index is 14.1. The van der Waals surface area contributed by atoms with Gasteiger partial charge in [0, 0.05) is 42.9 Å². The summed E-state index contributed by atoms with van der Waals surface area (Å²) in [5, 5.41) is 0.576. The van der Waals surface area contributed by atoms with Crippen LogP contribution in [0, 0.1) is 12.7 Å². The molecule has 0 fully saturated rings. The summed E-state index contributed by atoms with van der Waals surface area (Å²) in [6.07, 6.45) is -3.10. The predicted molar refractivity (Wildman–Crippen MR) is 94.8 cm³/mol. The van der Waals surface area contributed by atoms with E-state index in [2.05, 4.69) is 15.0 Å². The summed E-state index contributed by atoms with van der Waals surface area (Å²) in [6, 6.07) is 3.91. The molecule has 0 spiro atoms. The quantitative estimate of drug-likeness (QED) is 0.616.